The van der Waals surface area contributed by atoms with E-state index in [0.29, 0.717) is 19.4 Å². The van der Waals surface area contributed by atoms with Crippen LogP contribution < -0.4 is 0 Å². The van der Waals surface area contributed by atoms with Gasteiger partial charge in [-0.1, -0.05) is 48.5 Å². The molecule has 2 unspecified atom stereocenters. The van der Waals surface area contributed by atoms with E-state index >= 15 is 0 Å². The van der Waals surface area contributed by atoms with Crippen LogP contribution in [0.2, 0.25) is 0 Å². The Kier molecular flexibility index (Phi) is 5.64. The largest absolute Gasteiger partial charge is 0.448 e. The number of benzene rings is 3. The second-order valence-electron chi connectivity index (χ2n) is 10.8. The summed E-state index contributed by atoms with van der Waals surface area (Å²) in [4.78, 5) is 15.4. The van der Waals surface area contributed by atoms with Crippen LogP contribution >= 0.6 is 0 Å². The van der Waals surface area contributed by atoms with Gasteiger partial charge in [0.15, 0.2) is 0 Å². The van der Waals surface area contributed by atoms with Crippen LogP contribution in [-0.2, 0) is 10.3 Å². The Morgan fingerprint density at radius 3 is 2.06 bits per heavy atom. The summed E-state index contributed by atoms with van der Waals surface area (Å²) in [5, 5.41) is 11.8. The average Bonchev–Trinajstić information content (AvgIpc) is 3.15. The van der Waals surface area contributed by atoms with E-state index in [9.17, 15) is 14.3 Å². The average molecular weight is 486 g/mol. The predicted octanol–water partition coefficient (Wildman–Crippen LogP) is 6.60. The highest BCUT2D eigenvalue weighted by atomic mass is 19.1. The van der Waals surface area contributed by atoms with Gasteiger partial charge in [0, 0.05) is 30.8 Å². The quantitative estimate of drug-likeness (QED) is 0.455. The number of carbonyl (C=O) groups excluding carboxylic acids is 1. The molecule has 2 aliphatic heterocycles. The summed E-state index contributed by atoms with van der Waals surface area (Å²) in [5.41, 5.74) is 6.08. The first-order valence-corrected chi connectivity index (χ1v) is 13.0. The number of hydrogen-bond acceptors (Lipinski definition) is 3. The topological polar surface area (TPSA) is 49.8 Å². The number of carbonyl (C=O) groups is 1. The van der Waals surface area contributed by atoms with Crippen molar-refractivity contribution in [2.24, 2.45) is 0 Å². The highest BCUT2D eigenvalue weighted by Crippen LogP contribution is 2.47. The lowest BCUT2D eigenvalue weighted by Crippen LogP contribution is -2.59. The fraction of sp³-hybridized carbons (Fsp3) is 0.387. The van der Waals surface area contributed by atoms with Crippen LogP contribution in [0.1, 0.15) is 65.8 Å². The number of fused-ring (bicyclic) bond motifs is 5. The molecular weight excluding hydrogens is 453 g/mol. The minimum Gasteiger partial charge on any atom is -0.448 e. The normalized spacial score (nSPS) is 24.8. The first kappa shape index (κ1) is 23.2. The summed E-state index contributed by atoms with van der Waals surface area (Å²) in [6.45, 7) is 4.01. The zero-order valence-corrected chi connectivity index (χ0v) is 20.8. The maximum absolute atomic E-state index is 13.9. The van der Waals surface area contributed by atoms with Crippen LogP contribution in [0.25, 0.3) is 11.1 Å². The van der Waals surface area contributed by atoms with Gasteiger partial charge in [0.1, 0.15) is 12.4 Å². The molecule has 1 amide bonds. The maximum Gasteiger partial charge on any atom is 0.410 e. The highest BCUT2D eigenvalue weighted by Gasteiger charge is 2.49. The number of rotatable bonds is 3. The lowest BCUT2D eigenvalue weighted by atomic mass is 9.70. The molecule has 3 aliphatic rings. The van der Waals surface area contributed by atoms with Crippen LogP contribution in [-0.4, -0.2) is 34.8 Å². The molecule has 2 saturated heterocycles. The predicted molar refractivity (Wildman–Crippen MR) is 137 cm³/mol. The number of ether oxygens (including phenoxy) is 1. The van der Waals surface area contributed by atoms with Crippen molar-refractivity contribution in [1.29, 1.82) is 0 Å². The van der Waals surface area contributed by atoms with Gasteiger partial charge in [0.2, 0.25) is 0 Å². The van der Waals surface area contributed by atoms with Crippen molar-refractivity contribution in [3.63, 3.8) is 0 Å². The standard InChI is InChI=1S/C31H32FNO3/c1-19-14-21(32)15-20(2)29(19)31(35)16-22-8-7-9-23(17-31)33(22)30(34)36-18-28-26-12-5-3-10-24(26)25-11-4-6-13-27(25)28/h3-6,10-15,22-23,28,35H,7-9,16-18H2,1-2H3. The molecular formula is C31H32FNO3. The van der Waals surface area contributed by atoms with Gasteiger partial charge in [0.05, 0.1) is 5.60 Å². The third-order valence-electron chi connectivity index (χ3n) is 8.52. The minimum atomic E-state index is -1.07. The molecule has 5 heteroatoms. The van der Waals surface area contributed by atoms with Gasteiger partial charge in [-0.3, -0.25) is 0 Å². The first-order chi connectivity index (χ1) is 17.4. The molecule has 3 aromatic rings. The van der Waals surface area contributed by atoms with Gasteiger partial charge in [-0.25, -0.2) is 9.18 Å². The Bertz CT molecular complexity index is 1250. The Labute approximate surface area is 211 Å². The molecule has 4 nitrogen and oxygen atoms in total. The number of aliphatic hydroxyl groups is 1. The summed E-state index contributed by atoms with van der Waals surface area (Å²) in [6, 6.07) is 19.5. The van der Waals surface area contributed by atoms with Crippen molar-refractivity contribution < 1.29 is 19.0 Å². The zero-order valence-electron chi connectivity index (χ0n) is 20.8. The van der Waals surface area contributed by atoms with Gasteiger partial charge in [0.25, 0.3) is 0 Å². The SMILES string of the molecule is Cc1cc(F)cc(C)c1C1(O)CC2CCCC(C1)N2C(=O)OCC1c2ccccc2-c2ccccc21. The number of nitrogens with zero attached hydrogens (tertiary/aromatic N) is 1. The van der Waals surface area contributed by atoms with Crippen LogP contribution in [0.15, 0.2) is 60.7 Å². The summed E-state index contributed by atoms with van der Waals surface area (Å²) in [7, 11) is 0. The first-order valence-electron chi connectivity index (χ1n) is 13.0. The van der Waals surface area contributed by atoms with Gasteiger partial charge >= 0.3 is 6.09 Å². The fourth-order valence-corrected chi connectivity index (χ4v) is 7.24. The molecule has 0 aromatic heterocycles. The lowest BCUT2D eigenvalue weighted by molar-refractivity contribution is -0.0896. The third kappa shape index (κ3) is 3.72. The summed E-state index contributed by atoms with van der Waals surface area (Å²) >= 11 is 0. The van der Waals surface area contributed by atoms with Crippen LogP contribution in [0.5, 0.6) is 0 Å². The van der Waals surface area contributed by atoms with Crippen LogP contribution in [0, 0.1) is 19.7 Å². The molecule has 3 aromatic carbocycles. The van der Waals surface area contributed by atoms with Gasteiger partial charge in [-0.05, 0) is 84.2 Å². The second kappa shape index (κ2) is 8.74. The van der Waals surface area contributed by atoms with Gasteiger partial charge in [-0.15, -0.1) is 0 Å². The number of hydrogen-bond donors (Lipinski definition) is 1. The molecule has 0 saturated carbocycles. The smallest absolute Gasteiger partial charge is 0.410 e. The Hall–Kier alpha value is -3.18. The second-order valence-corrected chi connectivity index (χ2v) is 10.8. The highest BCUT2D eigenvalue weighted by molar-refractivity contribution is 5.79. The van der Waals surface area contributed by atoms with Crippen LogP contribution in [0.3, 0.4) is 0 Å². The van der Waals surface area contributed by atoms with Crippen molar-refractivity contribution >= 4 is 6.09 Å². The Morgan fingerprint density at radius 2 is 1.50 bits per heavy atom. The van der Waals surface area contributed by atoms with Crippen molar-refractivity contribution in [2.45, 2.75) is 69.6 Å². The molecule has 2 fully saturated rings. The van der Waals surface area contributed by atoms with Crippen molar-refractivity contribution in [1.82, 2.24) is 4.90 Å². The summed E-state index contributed by atoms with van der Waals surface area (Å²) < 4.78 is 20.0. The van der Waals surface area contributed by atoms with E-state index in [1.807, 2.05) is 43.0 Å². The Balaban J connectivity index is 1.22. The van der Waals surface area contributed by atoms with E-state index in [2.05, 4.69) is 24.3 Å². The van der Waals surface area contributed by atoms with E-state index in [4.69, 9.17) is 4.74 Å². The maximum atomic E-state index is 13.9. The number of halogens is 1. The molecule has 0 radical (unpaired) electrons. The Morgan fingerprint density at radius 1 is 0.972 bits per heavy atom. The van der Waals surface area contributed by atoms with E-state index in [0.717, 1.165) is 36.0 Å². The van der Waals surface area contributed by atoms with Gasteiger partial charge < -0.3 is 14.7 Å². The lowest BCUT2D eigenvalue weighted by Gasteiger charge is -2.52. The third-order valence-corrected chi connectivity index (χ3v) is 8.52. The molecule has 36 heavy (non-hydrogen) atoms. The van der Waals surface area contributed by atoms with Crippen molar-refractivity contribution in [3.8, 4) is 11.1 Å². The monoisotopic (exact) mass is 485 g/mol. The molecule has 186 valence electrons. The van der Waals surface area contributed by atoms with Crippen molar-refractivity contribution in [3.05, 3.63) is 94.3 Å². The minimum absolute atomic E-state index is 0.0208. The number of aryl methyl sites for hydroxylation is 2. The fourth-order valence-electron chi connectivity index (χ4n) is 7.24. The molecule has 0 spiro atoms. The van der Waals surface area contributed by atoms with E-state index in [-0.39, 0.29) is 29.9 Å². The summed E-state index contributed by atoms with van der Waals surface area (Å²) in [5.74, 6) is -0.263. The molecule has 6 rings (SSSR count). The van der Waals surface area contributed by atoms with E-state index < -0.39 is 5.60 Å². The summed E-state index contributed by atoms with van der Waals surface area (Å²) in [6.07, 6.45) is 3.30. The number of piperidine rings is 2. The molecule has 1 aliphatic carbocycles. The molecule has 1 N–H and O–H groups in total. The molecule has 2 bridgehead atoms. The zero-order chi connectivity index (χ0) is 25.0. The van der Waals surface area contributed by atoms with Crippen molar-refractivity contribution in [2.75, 3.05) is 6.61 Å². The van der Waals surface area contributed by atoms with Gasteiger partial charge in [-0.2, -0.15) is 0 Å². The molecule has 2 heterocycles. The number of amides is 1. The van der Waals surface area contributed by atoms with Crippen LogP contribution in [0.4, 0.5) is 9.18 Å². The molecule has 2 atom stereocenters. The van der Waals surface area contributed by atoms with E-state index in [1.54, 1.807) is 0 Å². The van der Waals surface area contributed by atoms with E-state index in [1.165, 1.54) is 34.4 Å².